The van der Waals surface area contributed by atoms with E-state index in [1.54, 1.807) is 19.0 Å². The van der Waals surface area contributed by atoms with Crippen molar-refractivity contribution in [1.82, 2.24) is 9.80 Å². The minimum atomic E-state index is 0.0821. The third-order valence-corrected chi connectivity index (χ3v) is 2.34. The lowest BCUT2D eigenvalue weighted by atomic mass is 10.2. The summed E-state index contributed by atoms with van der Waals surface area (Å²) in [4.78, 5) is 15.1. The van der Waals surface area contributed by atoms with Gasteiger partial charge in [-0.25, -0.2) is 0 Å². The fourth-order valence-electron chi connectivity index (χ4n) is 1.40. The van der Waals surface area contributed by atoms with Crippen LogP contribution in [-0.4, -0.2) is 68.7 Å². The van der Waals surface area contributed by atoms with Crippen LogP contribution in [0.2, 0.25) is 0 Å². The molecule has 0 aliphatic carbocycles. The maximum absolute atomic E-state index is 11.4. The van der Waals surface area contributed by atoms with Gasteiger partial charge in [-0.05, 0) is 0 Å². The van der Waals surface area contributed by atoms with Gasteiger partial charge in [-0.1, -0.05) is 0 Å². The van der Waals surface area contributed by atoms with Crippen LogP contribution in [-0.2, 0) is 9.53 Å². The van der Waals surface area contributed by atoms with Gasteiger partial charge < -0.3 is 15.4 Å². The van der Waals surface area contributed by atoms with E-state index < -0.39 is 0 Å². The van der Waals surface area contributed by atoms with Gasteiger partial charge in [0.15, 0.2) is 0 Å². The largest absolute Gasteiger partial charge is 0.374 e. The molecule has 14 heavy (non-hydrogen) atoms. The number of nitrogens with zero attached hydrogens (tertiary/aromatic N) is 2. The lowest BCUT2D eigenvalue weighted by Gasteiger charge is -2.32. The van der Waals surface area contributed by atoms with Crippen molar-refractivity contribution < 1.29 is 9.53 Å². The van der Waals surface area contributed by atoms with Crippen LogP contribution in [0, 0.1) is 0 Å². The van der Waals surface area contributed by atoms with Gasteiger partial charge >= 0.3 is 0 Å². The van der Waals surface area contributed by atoms with Gasteiger partial charge in [0.05, 0.1) is 19.3 Å². The summed E-state index contributed by atoms with van der Waals surface area (Å²) in [7, 11) is 3.53. The number of morpholine rings is 1. The molecule has 0 saturated carbocycles. The van der Waals surface area contributed by atoms with E-state index in [0.29, 0.717) is 19.7 Å². The lowest BCUT2D eigenvalue weighted by Crippen LogP contribution is -2.48. The Hall–Kier alpha value is -0.650. The molecule has 1 atom stereocenters. The Balaban J connectivity index is 2.34. The van der Waals surface area contributed by atoms with Crippen LogP contribution in [0.3, 0.4) is 0 Å². The Morgan fingerprint density at radius 2 is 2.36 bits per heavy atom. The van der Waals surface area contributed by atoms with Crippen LogP contribution < -0.4 is 5.73 Å². The first-order valence-corrected chi connectivity index (χ1v) is 4.87. The molecule has 1 rings (SSSR count). The number of carbonyl (C=O) groups is 1. The highest BCUT2D eigenvalue weighted by atomic mass is 16.5. The molecular weight excluding hydrogens is 182 g/mol. The van der Waals surface area contributed by atoms with E-state index in [-0.39, 0.29) is 12.0 Å². The number of amides is 1. The summed E-state index contributed by atoms with van der Waals surface area (Å²) in [5.74, 6) is 0.127. The van der Waals surface area contributed by atoms with E-state index in [2.05, 4.69) is 4.90 Å². The molecule has 2 N–H and O–H groups in total. The van der Waals surface area contributed by atoms with E-state index >= 15 is 0 Å². The topological polar surface area (TPSA) is 58.8 Å². The fourth-order valence-corrected chi connectivity index (χ4v) is 1.40. The highest BCUT2D eigenvalue weighted by molar-refractivity contribution is 5.77. The predicted molar refractivity (Wildman–Crippen MR) is 53.9 cm³/mol. The Labute approximate surface area is 84.8 Å². The summed E-state index contributed by atoms with van der Waals surface area (Å²) in [5, 5.41) is 0. The third kappa shape index (κ3) is 3.25. The average molecular weight is 201 g/mol. The Kier molecular flexibility index (Phi) is 4.31. The van der Waals surface area contributed by atoms with Gasteiger partial charge in [-0.3, -0.25) is 9.69 Å². The standard InChI is InChI=1S/C9H19N3O2/c1-11(2)9(13)7-12-3-4-14-8(5-10)6-12/h8H,3-7,10H2,1-2H3. The first kappa shape index (κ1) is 11.4. The molecule has 1 amide bonds. The molecule has 5 heteroatoms. The monoisotopic (exact) mass is 201 g/mol. The highest BCUT2D eigenvalue weighted by Gasteiger charge is 2.21. The van der Waals surface area contributed by atoms with E-state index in [1.807, 2.05) is 0 Å². The SMILES string of the molecule is CN(C)C(=O)CN1CCOC(CN)C1. The maximum atomic E-state index is 11.4. The maximum Gasteiger partial charge on any atom is 0.236 e. The molecule has 0 aromatic heterocycles. The van der Waals surface area contributed by atoms with E-state index in [4.69, 9.17) is 10.5 Å². The van der Waals surface area contributed by atoms with Crippen LogP contribution in [0.1, 0.15) is 0 Å². The minimum absolute atomic E-state index is 0.0821. The zero-order chi connectivity index (χ0) is 10.6. The number of hydrogen-bond acceptors (Lipinski definition) is 4. The summed E-state index contributed by atoms with van der Waals surface area (Å²) >= 11 is 0. The summed E-state index contributed by atoms with van der Waals surface area (Å²) in [5.41, 5.74) is 5.51. The zero-order valence-corrected chi connectivity index (χ0v) is 8.90. The van der Waals surface area contributed by atoms with Crippen LogP contribution >= 0.6 is 0 Å². The van der Waals surface area contributed by atoms with Crippen molar-refractivity contribution in [3.05, 3.63) is 0 Å². The molecule has 82 valence electrons. The third-order valence-electron chi connectivity index (χ3n) is 2.34. The first-order valence-electron chi connectivity index (χ1n) is 4.87. The minimum Gasteiger partial charge on any atom is -0.374 e. The number of hydrogen-bond donors (Lipinski definition) is 1. The van der Waals surface area contributed by atoms with Crippen molar-refractivity contribution in [3.63, 3.8) is 0 Å². The molecule has 1 heterocycles. The summed E-state index contributed by atoms with van der Waals surface area (Å²) in [6.45, 7) is 3.23. The van der Waals surface area contributed by atoms with Crippen molar-refractivity contribution in [2.45, 2.75) is 6.10 Å². The highest BCUT2D eigenvalue weighted by Crippen LogP contribution is 2.03. The van der Waals surface area contributed by atoms with Crippen molar-refractivity contribution >= 4 is 5.91 Å². The molecule has 1 saturated heterocycles. The average Bonchev–Trinajstić information content (AvgIpc) is 2.18. The van der Waals surface area contributed by atoms with Crippen molar-refractivity contribution in [2.24, 2.45) is 5.73 Å². The number of rotatable bonds is 3. The molecule has 0 aromatic carbocycles. The molecule has 1 aliphatic rings. The smallest absolute Gasteiger partial charge is 0.236 e. The van der Waals surface area contributed by atoms with Crippen molar-refractivity contribution in [2.75, 3.05) is 46.9 Å². The first-order chi connectivity index (χ1) is 6.63. The van der Waals surface area contributed by atoms with Gasteiger partial charge in [-0.2, -0.15) is 0 Å². The molecule has 0 radical (unpaired) electrons. The molecule has 1 fully saturated rings. The quantitative estimate of drug-likeness (QED) is 0.619. The molecule has 1 unspecified atom stereocenters. The fraction of sp³-hybridized carbons (Fsp3) is 0.889. The van der Waals surface area contributed by atoms with Crippen LogP contribution in [0.4, 0.5) is 0 Å². The second kappa shape index (κ2) is 5.29. The Morgan fingerprint density at radius 3 is 2.93 bits per heavy atom. The molecule has 0 bridgehead atoms. The van der Waals surface area contributed by atoms with Gasteiger partial charge in [0.1, 0.15) is 0 Å². The molecule has 1 aliphatic heterocycles. The molecule has 0 aromatic rings. The second-order valence-electron chi connectivity index (χ2n) is 3.75. The summed E-state index contributed by atoms with van der Waals surface area (Å²) in [6.07, 6.45) is 0.0821. The molecule has 0 spiro atoms. The van der Waals surface area contributed by atoms with Gasteiger partial charge in [0.2, 0.25) is 5.91 Å². The number of nitrogens with two attached hydrogens (primary N) is 1. The predicted octanol–water partition coefficient (Wildman–Crippen LogP) is -1.27. The molecular formula is C9H19N3O2. The number of carbonyl (C=O) groups excluding carboxylic acids is 1. The van der Waals surface area contributed by atoms with Gasteiger partial charge in [-0.15, -0.1) is 0 Å². The lowest BCUT2D eigenvalue weighted by molar-refractivity contribution is -0.131. The molecule has 5 nitrogen and oxygen atoms in total. The van der Waals surface area contributed by atoms with Crippen molar-refractivity contribution in [3.8, 4) is 0 Å². The second-order valence-corrected chi connectivity index (χ2v) is 3.75. The summed E-state index contributed by atoms with van der Waals surface area (Å²) < 4.78 is 5.41. The Bertz CT molecular complexity index is 196. The van der Waals surface area contributed by atoms with E-state index in [9.17, 15) is 4.79 Å². The van der Waals surface area contributed by atoms with Crippen LogP contribution in [0.5, 0.6) is 0 Å². The van der Waals surface area contributed by atoms with Gasteiger partial charge in [0, 0.05) is 33.7 Å². The van der Waals surface area contributed by atoms with E-state index in [0.717, 1.165) is 13.1 Å². The van der Waals surface area contributed by atoms with Gasteiger partial charge in [0.25, 0.3) is 0 Å². The number of ether oxygens (including phenoxy) is 1. The van der Waals surface area contributed by atoms with Crippen LogP contribution in [0.15, 0.2) is 0 Å². The summed E-state index contributed by atoms with van der Waals surface area (Å²) in [6, 6.07) is 0. The Morgan fingerprint density at radius 1 is 1.64 bits per heavy atom. The van der Waals surface area contributed by atoms with Crippen LogP contribution in [0.25, 0.3) is 0 Å². The normalized spacial score (nSPS) is 23.5. The van der Waals surface area contributed by atoms with Crippen molar-refractivity contribution in [1.29, 1.82) is 0 Å². The zero-order valence-electron chi connectivity index (χ0n) is 8.90. The number of likely N-dealkylation sites (N-methyl/N-ethyl adjacent to an activating group) is 1. The van der Waals surface area contributed by atoms with E-state index in [1.165, 1.54) is 0 Å².